The third kappa shape index (κ3) is 3.53. The molecule has 0 spiro atoms. The predicted octanol–water partition coefficient (Wildman–Crippen LogP) is 1.47. The highest BCUT2D eigenvalue weighted by molar-refractivity contribution is 5.57. The van der Waals surface area contributed by atoms with Crippen molar-refractivity contribution < 1.29 is 17.9 Å². The molecule has 2 aromatic heterocycles. The maximum absolute atomic E-state index is 12.1. The molecule has 10 heteroatoms. The fourth-order valence-electron chi connectivity index (χ4n) is 2.59. The summed E-state index contributed by atoms with van der Waals surface area (Å²) in [6, 6.07) is 1.61. The summed E-state index contributed by atoms with van der Waals surface area (Å²) in [6.07, 6.45) is -2.88. The van der Waals surface area contributed by atoms with Crippen molar-refractivity contribution >= 4 is 0 Å². The van der Waals surface area contributed by atoms with E-state index < -0.39 is 24.2 Å². The first kappa shape index (κ1) is 16.4. The molecule has 1 aliphatic carbocycles. The first-order chi connectivity index (χ1) is 11.2. The number of nitrogens with one attached hydrogen (secondary N) is 2. The molecule has 1 saturated carbocycles. The summed E-state index contributed by atoms with van der Waals surface area (Å²) in [7, 11) is 0. The number of aromatic nitrogens is 4. The van der Waals surface area contributed by atoms with Crippen LogP contribution >= 0.6 is 0 Å². The van der Waals surface area contributed by atoms with Crippen LogP contribution in [0.15, 0.2) is 21.9 Å². The smallest absolute Gasteiger partial charge is 0.313 e. The predicted molar refractivity (Wildman–Crippen MR) is 76.3 cm³/mol. The summed E-state index contributed by atoms with van der Waals surface area (Å²) in [6.45, 7) is 1.29. The summed E-state index contributed by atoms with van der Waals surface area (Å²) in [5, 5.41) is 7.88. The Kier molecular flexibility index (Phi) is 3.99. The molecule has 2 aromatic rings. The van der Waals surface area contributed by atoms with Crippen molar-refractivity contribution in [1.82, 2.24) is 20.2 Å². The second-order valence-corrected chi connectivity index (χ2v) is 5.61. The summed E-state index contributed by atoms with van der Waals surface area (Å²) in [4.78, 5) is 27.3. The Morgan fingerprint density at radius 1 is 1.33 bits per heavy atom. The Bertz CT molecular complexity index is 875. The van der Waals surface area contributed by atoms with Gasteiger partial charge in [-0.3, -0.25) is 14.5 Å². The Morgan fingerprint density at radius 2 is 2.08 bits per heavy atom. The highest BCUT2D eigenvalue weighted by Crippen LogP contribution is 2.49. The molecule has 7 nitrogen and oxygen atoms in total. The van der Waals surface area contributed by atoms with E-state index in [-0.39, 0.29) is 23.1 Å². The fraction of sp³-hybridized carbons (Fsp3) is 0.429. The molecule has 0 amide bonds. The van der Waals surface area contributed by atoms with Gasteiger partial charge in [-0.1, -0.05) is 0 Å². The van der Waals surface area contributed by atoms with Gasteiger partial charge in [0, 0.05) is 6.20 Å². The Hall–Kier alpha value is -2.49. The zero-order chi connectivity index (χ0) is 17.5. The SMILES string of the molecule is Cc1nnc(-c2c[nH]c(=O)[nH]c2=O)cc1[C@H]1C[C@@H]1COC(F)(F)F. The third-order valence-corrected chi connectivity index (χ3v) is 3.90. The van der Waals surface area contributed by atoms with Gasteiger partial charge in [0.1, 0.15) is 5.69 Å². The quantitative estimate of drug-likeness (QED) is 0.876. The number of H-pyrrole nitrogens is 2. The number of aromatic amines is 2. The number of hydrogen-bond donors (Lipinski definition) is 2. The fourth-order valence-corrected chi connectivity index (χ4v) is 2.59. The van der Waals surface area contributed by atoms with Gasteiger partial charge in [0.15, 0.2) is 0 Å². The van der Waals surface area contributed by atoms with Crippen molar-refractivity contribution in [2.45, 2.75) is 25.6 Å². The number of ether oxygens (including phenoxy) is 1. The van der Waals surface area contributed by atoms with Crippen LogP contribution in [-0.4, -0.2) is 33.1 Å². The molecule has 1 aliphatic rings. The molecule has 2 atom stereocenters. The first-order valence-corrected chi connectivity index (χ1v) is 7.12. The number of aryl methyl sites for hydroxylation is 1. The average Bonchev–Trinajstić information content (AvgIpc) is 3.25. The molecule has 2 N–H and O–H groups in total. The molecule has 2 heterocycles. The van der Waals surface area contributed by atoms with E-state index in [1.807, 2.05) is 0 Å². The Morgan fingerprint density at radius 3 is 2.75 bits per heavy atom. The molecular weight excluding hydrogens is 329 g/mol. The van der Waals surface area contributed by atoms with E-state index in [4.69, 9.17) is 0 Å². The molecule has 0 unspecified atom stereocenters. The monoisotopic (exact) mass is 342 g/mol. The van der Waals surface area contributed by atoms with Gasteiger partial charge in [-0.15, -0.1) is 18.3 Å². The van der Waals surface area contributed by atoms with Crippen LogP contribution in [0.5, 0.6) is 0 Å². The lowest BCUT2D eigenvalue weighted by atomic mass is 10.1. The van der Waals surface area contributed by atoms with Crippen LogP contribution in [0.25, 0.3) is 11.3 Å². The van der Waals surface area contributed by atoms with Gasteiger partial charge >= 0.3 is 12.1 Å². The normalized spacial score (nSPS) is 20.2. The molecule has 0 saturated heterocycles. The standard InChI is InChI=1S/C14H13F3N4O3/c1-6-8(9-2-7(9)5-24-14(15,16)17)3-11(21-20-6)10-4-18-13(23)19-12(10)22/h3-4,7,9H,2,5H2,1H3,(H2,18,19,22,23)/t7-,9+/m1/s1. The zero-order valence-corrected chi connectivity index (χ0v) is 12.5. The number of halogens is 3. The second-order valence-electron chi connectivity index (χ2n) is 5.61. The van der Waals surface area contributed by atoms with E-state index in [0.717, 1.165) is 5.56 Å². The number of rotatable bonds is 4. The summed E-state index contributed by atoms with van der Waals surface area (Å²) >= 11 is 0. The lowest BCUT2D eigenvalue weighted by Gasteiger charge is -2.08. The lowest BCUT2D eigenvalue weighted by molar-refractivity contribution is -0.326. The maximum Gasteiger partial charge on any atom is 0.522 e. The van der Waals surface area contributed by atoms with E-state index in [1.165, 1.54) is 6.20 Å². The minimum Gasteiger partial charge on any atom is -0.313 e. The molecule has 0 radical (unpaired) electrons. The van der Waals surface area contributed by atoms with Gasteiger partial charge in [-0.05, 0) is 36.8 Å². The van der Waals surface area contributed by atoms with Crippen molar-refractivity contribution in [1.29, 1.82) is 0 Å². The minimum absolute atomic E-state index is 0.122. The molecule has 128 valence electrons. The topological polar surface area (TPSA) is 101 Å². The summed E-state index contributed by atoms with van der Waals surface area (Å²) < 4.78 is 40.2. The Labute approximate surface area is 132 Å². The zero-order valence-electron chi connectivity index (χ0n) is 12.5. The van der Waals surface area contributed by atoms with Crippen LogP contribution in [0.1, 0.15) is 23.6 Å². The second kappa shape index (κ2) is 5.86. The van der Waals surface area contributed by atoms with Crippen molar-refractivity contribution in [2.24, 2.45) is 5.92 Å². The van der Waals surface area contributed by atoms with Gasteiger partial charge in [-0.2, -0.15) is 5.10 Å². The van der Waals surface area contributed by atoms with E-state index >= 15 is 0 Å². The van der Waals surface area contributed by atoms with Gasteiger partial charge in [-0.25, -0.2) is 4.79 Å². The molecule has 3 rings (SSSR count). The van der Waals surface area contributed by atoms with Crippen molar-refractivity contribution in [3.05, 3.63) is 44.4 Å². The average molecular weight is 342 g/mol. The Balaban J connectivity index is 1.83. The maximum atomic E-state index is 12.1. The minimum atomic E-state index is -4.65. The van der Waals surface area contributed by atoms with Crippen LogP contribution in [0.2, 0.25) is 0 Å². The molecule has 0 bridgehead atoms. The van der Waals surface area contributed by atoms with Gasteiger partial charge in [0.25, 0.3) is 5.56 Å². The largest absolute Gasteiger partial charge is 0.522 e. The van der Waals surface area contributed by atoms with Crippen molar-refractivity contribution in [3.63, 3.8) is 0 Å². The third-order valence-electron chi connectivity index (χ3n) is 3.90. The molecular formula is C14H13F3N4O3. The van der Waals surface area contributed by atoms with E-state index in [2.05, 4.69) is 24.9 Å². The number of alkyl halides is 3. The molecule has 1 fully saturated rings. The van der Waals surface area contributed by atoms with Gasteiger partial charge < -0.3 is 4.98 Å². The molecule has 0 aliphatic heterocycles. The van der Waals surface area contributed by atoms with Gasteiger partial charge in [0.05, 0.1) is 17.9 Å². The number of nitrogens with zero attached hydrogens (tertiary/aromatic N) is 2. The molecule has 0 aromatic carbocycles. The first-order valence-electron chi connectivity index (χ1n) is 7.12. The van der Waals surface area contributed by atoms with Crippen molar-refractivity contribution in [3.8, 4) is 11.3 Å². The van der Waals surface area contributed by atoms with Crippen LogP contribution in [-0.2, 0) is 4.74 Å². The van der Waals surface area contributed by atoms with E-state index in [9.17, 15) is 22.8 Å². The highest BCUT2D eigenvalue weighted by atomic mass is 19.4. The van der Waals surface area contributed by atoms with E-state index in [0.29, 0.717) is 12.1 Å². The summed E-state index contributed by atoms with van der Waals surface area (Å²) in [5.74, 6) is -0.375. The van der Waals surface area contributed by atoms with Crippen molar-refractivity contribution in [2.75, 3.05) is 6.61 Å². The summed E-state index contributed by atoms with van der Waals surface area (Å²) in [5.41, 5.74) is 0.425. The number of hydrogen-bond acceptors (Lipinski definition) is 5. The van der Waals surface area contributed by atoms with Crippen LogP contribution in [0, 0.1) is 12.8 Å². The van der Waals surface area contributed by atoms with E-state index in [1.54, 1.807) is 13.0 Å². The van der Waals surface area contributed by atoms with Gasteiger partial charge in [0.2, 0.25) is 0 Å². The lowest BCUT2D eigenvalue weighted by Crippen LogP contribution is -2.23. The highest BCUT2D eigenvalue weighted by Gasteiger charge is 2.42. The van der Waals surface area contributed by atoms with Crippen LogP contribution < -0.4 is 11.2 Å². The van der Waals surface area contributed by atoms with Crippen LogP contribution in [0.3, 0.4) is 0 Å². The molecule has 24 heavy (non-hydrogen) atoms. The van der Waals surface area contributed by atoms with Crippen LogP contribution in [0.4, 0.5) is 13.2 Å².